The first-order valence-electron chi connectivity index (χ1n) is 12.8. The van der Waals surface area contributed by atoms with E-state index in [2.05, 4.69) is 21.7 Å². The molecule has 1 atom stereocenters. The lowest BCUT2D eigenvalue weighted by molar-refractivity contribution is 0.0185. The second-order valence-corrected chi connectivity index (χ2v) is 8.63. The van der Waals surface area contributed by atoms with Crippen molar-refractivity contribution in [3.8, 4) is 5.75 Å². The molecular weight excluding hydrogens is 402 g/mol. The third-order valence-corrected chi connectivity index (χ3v) is 5.67. The molecule has 0 fully saturated rings. The number of hydrogen-bond acceptors (Lipinski definition) is 5. The zero-order valence-corrected chi connectivity index (χ0v) is 20.3. The van der Waals surface area contributed by atoms with Crippen molar-refractivity contribution in [1.82, 2.24) is 9.97 Å². The van der Waals surface area contributed by atoms with E-state index in [1.54, 1.807) is 0 Å². The molecule has 32 heavy (non-hydrogen) atoms. The first-order valence-corrected chi connectivity index (χ1v) is 12.8. The van der Waals surface area contributed by atoms with Crippen molar-refractivity contribution in [2.24, 2.45) is 0 Å². The van der Waals surface area contributed by atoms with Crippen molar-refractivity contribution < 1.29 is 14.6 Å². The van der Waals surface area contributed by atoms with Gasteiger partial charge < -0.3 is 19.4 Å². The summed E-state index contributed by atoms with van der Waals surface area (Å²) in [6, 6.07) is 0. The lowest BCUT2D eigenvalue weighted by Crippen LogP contribution is -2.27. The number of hydrogen-bond donors (Lipinski definition) is 1. The van der Waals surface area contributed by atoms with Crippen molar-refractivity contribution in [3.63, 3.8) is 0 Å². The van der Waals surface area contributed by atoms with Gasteiger partial charge in [-0.3, -0.25) is 0 Å². The van der Waals surface area contributed by atoms with Gasteiger partial charge in [-0.25, -0.2) is 0 Å². The Morgan fingerprint density at radius 3 is 1.72 bits per heavy atom. The molecule has 0 radical (unpaired) electrons. The van der Waals surface area contributed by atoms with Crippen LogP contribution in [0.5, 0.6) is 5.75 Å². The molecule has 1 aromatic heterocycles. The Balaban J connectivity index is 1.84. The number of rotatable bonds is 22. The molecule has 0 aliphatic heterocycles. The molecule has 0 aliphatic carbocycles. The van der Waals surface area contributed by atoms with Gasteiger partial charge in [0.05, 0.1) is 13.2 Å². The van der Waals surface area contributed by atoms with E-state index in [0.29, 0.717) is 19.0 Å². The summed E-state index contributed by atoms with van der Waals surface area (Å²) in [5.74, 6) is 0.514. The lowest BCUT2D eigenvalue weighted by atomic mass is 10.0. The van der Waals surface area contributed by atoms with Crippen LogP contribution in [0.2, 0.25) is 0 Å². The van der Waals surface area contributed by atoms with Gasteiger partial charge in [0.15, 0.2) is 5.75 Å². The van der Waals surface area contributed by atoms with E-state index in [0.717, 1.165) is 6.42 Å². The Morgan fingerprint density at radius 1 is 0.812 bits per heavy atom. The zero-order valence-electron chi connectivity index (χ0n) is 20.3. The summed E-state index contributed by atoms with van der Waals surface area (Å²) in [6.07, 6.45) is 24.1. The van der Waals surface area contributed by atoms with E-state index in [1.807, 2.05) is 0 Å². The minimum absolute atomic E-state index is 0.0812. The maximum atomic E-state index is 9.44. The van der Waals surface area contributed by atoms with E-state index >= 15 is 0 Å². The van der Waals surface area contributed by atoms with Gasteiger partial charge in [0.2, 0.25) is 0 Å². The summed E-state index contributed by atoms with van der Waals surface area (Å²) in [4.78, 5) is 10.9. The molecular formula is C26H45N3O3. The number of ether oxygens (including phenoxy) is 2. The van der Waals surface area contributed by atoms with Gasteiger partial charge in [-0.2, -0.15) is 9.97 Å². The minimum atomic E-state index is -0.446. The second kappa shape index (κ2) is 21.2. The van der Waals surface area contributed by atoms with Crippen LogP contribution < -0.4 is 4.74 Å². The topological polar surface area (TPSA) is 68.8 Å². The largest absolute Gasteiger partial charge is 0.479 e. The predicted molar refractivity (Wildman–Crippen MR) is 130 cm³/mol. The summed E-state index contributed by atoms with van der Waals surface area (Å²) in [6.45, 7) is 10.0. The Hall–Kier alpha value is -1.71. The maximum Gasteiger partial charge on any atom is 0.371 e. The number of nitrogens with zero attached hydrogens (tertiary/aromatic N) is 3. The highest BCUT2D eigenvalue weighted by Gasteiger charge is 2.11. The SMILES string of the molecule is [C-]#[N+]c1ncc(O[C@@H](CO)COCCCCCCCCCCCCCCCCCC)cn1. The molecule has 0 aliphatic rings. The van der Waals surface area contributed by atoms with Crippen molar-refractivity contribution >= 4 is 5.95 Å². The standard InChI is InChI=1S/C26H45N3O3/c1-3-4-5-6-7-8-9-10-11-12-13-14-15-16-17-18-19-31-23-25(22-30)32-24-20-28-26(27-2)29-21-24/h20-21,25,30H,3-19,22-23H2,1H3/t25-/m0/s1. The van der Waals surface area contributed by atoms with Gasteiger partial charge in [-0.1, -0.05) is 103 Å². The molecule has 0 unspecified atom stereocenters. The molecule has 1 aromatic rings. The van der Waals surface area contributed by atoms with Crippen LogP contribution in [0, 0.1) is 6.57 Å². The van der Waals surface area contributed by atoms with Crippen molar-refractivity contribution in [2.45, 2.75) is 116 Å². The molecule has 1 heterocycles. The molecule has 1 N–H and O–H groups in total. The van der Waals surface area contributed by atoms with Gasteiger partial charge in [0.25, 0.3) is 0 Å². The highest BCUT2D eigenvalue weighted by atomic mass is 16.5. The Labute approximate surface area is 196 Å². The van der Waals surface area contributed by atoms with Crippen LogP contribution >= 0.6 is 0 Å². The summed E-state index contributed by atoms with van der Waals surface area (Å²) in [5, 5.41) is 9.44. The van der Waals surface area contributed by atoms with Gasteiger partial charge >= 0.3 is 5.95 Å². The van der Waals surface area contributed by atoms with Crippen LogP contribution in [-0.2, 0) is 4.74 Å². The van der Waals surface area contributed by atoms with E-state index in [4.69, 9.17) is 16.0 Å². The van der Waals surface area contributed by atoms with Crippen LogP contribution in [0.3, 0.4) is 0 Å². The number of aliphatic hydroxyl groups excluding tert-OH is 1. The van der Waals surface area contributed by atoms with Crippen LogP contribution in [0.4, 0.5) is 5.95 Å². The fourth-order valence-corrected chi connectivity index (χ4v) is 3.71. The summed E-state index contributed by atoms with van der Waals surface area (Å²) >= 11 is 0. The van der Waals surface area contributed by atoms with Crippen molar-refractivity contribution in [2.75, 3.05) is 19.8 Å². The third kappa shape index (κ3) is 16.0. The second-order valence-electron chi connectivity index (χ2n) is 8.63. The highest BCUT2D eigenvalue weighted by Crippen LogP contribution is 2.14. The molecule has 0 saturated carbocycles. The fourth-order valence-electron chi connectivity index (χ4n) is 3.71. The summed E-state index contributed by atoms with van der Waals surface area (Å²) in [7, 11) is 0. The van der Waals surface area contributed by atoms with Gasteiger partial charge in [0, 0.05) is 6.61 Å². The Bertz CT molecular complexity index is 575. The number of unbranched alkanes of at least 4 members (excludes halogenated alkanes) is 15. The molecule has 0 spiro atoms. The lowest BCUT2D eigenvalue weighted by Gasteiger charge is -2.15. The van der Waals surface area contributed by atoms with Crippen LogP contribution in [0.1, 0.15) is 110 Å². The maximum absolute atomic E-state index is 9.44. The number of aromatic nitrogens is 2. The van der Waals surface area contributed by atoms with Gasteiger partial charge in [-0.05, 0) is 6.42 Å². The van der Waals surface area contributed by atoms with Crippen LogP contribution in [0.15, 0.2) is 12.4 Å². The smallest absolute Gasteiger partial charge is 0.371 e. The van der Waals surface area contributed by atoms with Crippen LogP contribution in [0.25, 0.3) is 4.85 Å². The summed E-state index contributed by atoms with van der Waals surface area (Å²) < 4.78 is 11.2. The fraction of sp³-hybridized carbons (Fsp3) is 0.808. The average Bonchev–Trinajstić information content (AvgIpc) is 2.83. The van der Waals surface area contributed by atoms with Gasteiger partial charge in [-0.15, -0.1) is 6.57 Å². The molecule has 0 aromatic carbocycles. The summed E-state index contributed by atoms with van der Waals surface area (Å²) in [5.41, 5.74) is 0. The van der Waals surface area contributed by atoms with E-state index in [9.17, 15) is 5.11 Å². The molecule has 6 heteroatoms. The Morgan fingerprint density at radius 2 is 1.28 bits per heavy atom. The predicted octanol–water partition coefficient (Wildman–Crippen LogP) is 7.05. The van der Waals surface area contributed by atoms with Crippen LogP contribution in [-0.4, -0.2) is 41.0 Å². The van der Waals surface area contributed by atoms with Crippen molar-refractivity contribution in [1.29, 1.82) is 0 Å². The average molecular weight is 448 g/mol. The Kier molecular flexibility index (Phi) is 18.7. The highest BCUT2D eigenvalue weighted by molar-refractivity contribution is 5.27. The molecule has 0 amide bonds. The van der Waals surface area contributed by atoms with Crippen molar-refractivity contribution in [3.05, 3.63) is 23.8 Å². The molecule has 0 bridgehead atoms. The minimum Gasteiger partial charge on any atom is -0.479 e. The first-order chi connectivity index (χ1) is 15.8. The normalized spacial score (nSPS) is 11.9. The first kappa shape index (κ1) is 28.3. The monoisotopic (exact) mass is 447 g/mol. The van der Waals surface area contributed by atoms with E-state index in [1.165, 1.54) is 109 Å². The molecule has 1 rings (SSSR count). The zero-order chi connectivity index (χ0) is 23.1. The molecule has 182 valence electrons. The molecule has 6 nitrogen and oxygen atoms in total. The quantitative estimate of drug-likeness (QED) is 0.152. The van der Waals surface area contributed by atoms with E-state index in [-0.39, 0.29) is 12.6 Å². The van der Waals surface area contributed by atoms with E-state index < -0.39 is 6.10 Å². The van der Waals surface area contributed by atoms with Gasteiger partial charge in [0.1, 0.15) is 18.5 Å². The third-order valence-electron chi connectivity index (χ3n) is 5.67. The number of aliphatic hydroxyl groups is 1. The molecule has 0 saturated heterocycles.